The molecule has 4 aliphatic carbocycles. The average molecular weight is 298 g/mol. The zero-order valence-corrected chi connectivity index (χ0v) is 13.7. The Morgan fingerprint density at radius 1 is 1.23 bits per heavy atom. The van der Waals surface area contributed by atoms with E-state index in [4.69, 9.17) is 0 Å². The van der Waals surface area contributed by atoms with E-state index < -0.39 is 0 Å². The summed E-state index contributed by atoms with van der Waals surface area (Å²) in [6.07, 6.45) is 13.0. The smallest absolute Gasteiger partial charge is 0.155 e. The van der Waals surface area contributed by atoms with Gasteiger partial charge in [0, 0.05) is 12.3 Å². The molecule has 0 aromatic carbocycles. The third kappa shape index (κ3) is 1.92. The zero-order chi connectivity index (χ0) is 15.5. The number of Topliss-reactive ketones (excluding diaryl/α,β-unsaturated/α-hetero) is 1. The lowest BCUT2D eigenvalue weighted by atomic mass is 9.53. The first-order valence-corrected chi connectivity index (χ1v) is 8.94. The molecule has 0 aromatic rings. The summed E-state index contributed by atoms with van der Waals surface area (Å²) in [4.78, 5) is 23.7. The highest BCUT2D eigenvalue weighted by atomic mass is 16.1. The van der Waals surface area contributed by atoms with Crippen molar-refractivity contribution in [3.63, 3.8) is 0 Å². The maximum atomic E-state index is 12.1. The van der Waals surface area contributed by atoms with Crippen LogP contribution in [0.4, 0.5) is 0 Å². The molecule has 2 fully saturated rings. The quantitative estimate of drug-likeness (QED) is 0.730. The second kappa shape index (κ2) is 4.91. The van der Waals surface area contributed by atoms with Crippen LogP contribution in [0.25, 0.3) is 0 Å². The van der Waals surface area contributed by atoms with Gasteiger partial charge in [-0.05, 0) is 79.8 Å². The fourth-order valence-corrected chi connectivity index (χ4v) is 6.32. The van der Waals surface area contributed by atoms with E-state index >= 15 is 0 Å². The molecule has 0 aliphatic heterocycles. The first-order chi connectivity index (χ1) is 10.5. The van der Waals surface area contributed by atoms with Crippen molar-refractivity contribution in [2.75, 3.05) is 0 Å². The number of allylic oxidation sites excluding steroid dienone is 4. The van der Waals surface area contributed by atoms with Gasteiger partial charge in [0.1, 0.15) is 5.78 Å². The van der Waals surface area contributed by atoms with E-state index in [1.807, 2.05) is 6.08 Å². The van der Waals surface area contributed by atoms with Crippen molar-refractivity contribution in [3.05, 3.63) is 23.8 Å². The van der Waals surface area contributed by atoms with Crippen LogP contribution in [0.2, 0.25) is 0 Å². The first kappa shape index (κ1) is 14.4. The largest absolute Gasteiger partial charge is 0.300 e. The van der Waals surface area contributed by atoms with Crippen LogP contribution >= 0.6 is 0 Å². The van der Waals surface area contributed by atoms with E-state index in [9.17, 15) is 9.59 Å². The molecular formula is C20H26O2. The molecule has 118 valence electrons. The van der Waals surface area contributed by atoms with Crippen molar-refractivity contribution in [2.24, 2.45) is 35.0 Å². The summed E-state index contributed by atoms with van der Waals surface area (Å²) in [5.41, 5.74) is 1.49. The highest BCUT2D eigenvalue weighted by Gasteiger charge is 2.56. The van der Waals surface area contributed by atoms with Crippen molar-refractivity contribution in [3.8, 4) is 0 Å². The summed E-state index contributed by atoms with van der Waals surface area (Å²) in [6.45, 7) is 4.16. The van der Waals surface area contributed by atoms with E-state index in [0.29, 0.717) is 35.2 Å². The normalized spacial score (nSPS) is 46.5. The molecule has 4 aliphatic rings. The number of carbonyl (C=O) groups is 2. The number of ketones is 2. The van der Waals surface area contributed by atoms with Crippen molar-refractivity contribution in [1.29, 1.82) is 0 Å². The topological polar surface area (TPSA) is 34.1 Å². The molecule has 0 bridgehead atoms. The summed E-state index contributed by atoms with van der Waals surface area (Å²) < 4.78 is 0. The van der Waals surface area contributed by atoms with Crippen molar-refractivity contribution in [2.45, 2.75) is 52.4 Å². The number of carbonyl (C=O) groups excluding carboxylic acids is 2. The molecule has 22 heavy (non-hydrogen) atoms. The Balaban J connectivity index is 1.68. The number of rotatable bonds is 1. The molecule has 0 aromatic heterocycles. The highest BCUT2D eigenvalue weighted by molar-refractivity contribution is 5.92. The Kier molecular flexibility index (Phi) is 3.22. The molecule has 2 saturated carbocycles. The van der Waals surface area contributed by atoms with E-state index in [2.05, 4.69) is 19.1 Å². The summed E-state index contributed by atoms with van der Waals surface area (Å²) in [6, 6.07) is 0. The summed E-state index contributed by atoms with van der Waals surface area (Å²) in [7, 11) is 0. The van der Waals surface area contributed by atoms with Gasteiger partial charge in [-0.2, -0.15) is 0 Å². The second-order valence-corrected chi connectivity index (χ2v) is 8.25. The van der Waals surface area contributed by atoms with Crippen molar-refractivity contribution < 1.29 is 9.59 Å². The summed E-state index contributed by atoms with van der Waals surface area (Å²) >= 11 is 0. The van der Waals surface area contributed by atoms with Crippen LogP contribution in [0.5, 0.6) is 0 Å². The lowest BCUT2D eigenvalue weighted by molar-refractivity contribution is -0.126. The van der Waals surface area contributed by atoms with Crippen LogP contribution in [0.15, 0.2) is 23.8 Å². The van der Waals surface area contributed by atoms with Gasteiger partial charge in [-0.3, -0.25) is 9.59 Å². The van der Waals surface area contributed by atoms with Gasteiger partial charge in [-0.15, -0.1) is 0 Å². The molecule has 2 nitrogen and oxygen atoms in total. The maximum absolute atomic E-state index is 12.1. The maximum Gasteiger partial charge on any atom is 0.155 e. The molecule has 4 unspecified atom stereocenters. The Hall–Kier alpha value is -1.18. The van der Waals surface area contributed by atoms with Crippen LogP contribution in [0, 0.1) is 35.0 Å². The SMILES string of the molecule is CC(=O)[C@H]1CCC2C3C=CC4=CC(=O)CCC4C3CC[C@@]21C. The second-order valence-electron chi connectivity index (χ2n) is 8.25. The predicted molar refractivity (Wildman–Crippen MR) is 86.2 cm³/mol. The molecule has 0 amide bonds. The van der Waals surface area contributed by atoms with Crippen LogP contribution in [-0.2, 0) is 9.59 Å². The molecule has 6 atom stereocenters. The van der Waals surface area contributed by atoms with E-state index in [-0.39, 0.29) is 11.3 Å². The predicted octanol–water partition coefficient (Wildman–Crippen LogP) is 4.11. The molecule has 0 spiro atoms. The minimum absolute atomic E-state index is 0.211. The Labute approximate surface area is 133 Å². The lowest BCUT2D eigenvalue weighted by Crippen LogP contribution is -2.45. The van der Waals surface area contributed by atoms with Gasteiger partial charge in [0.05, 0.1) is 0 Å². The Bertz CT molecular complexity index is 585. The zero-order valence-electron chi connectivity index (χ0n) is 13.7. The molecule has 0 heterocycles. The van der Waals surface area contributed by atoms with Crippen molar-refractivity contribution >= 4 is 11.6 Å². The average Bonchev–Trinajstić information content (AvgIpc) is 2.84. The fourth-order valence-electron chi connectivity index (χ4n) is 6.32. The highest BCUT2D eigenvalue weighted by Crippen LogP contribution is 2.62. The minimum atomic E-state index is 0.211. The molecule has 2 heteroatoms. The van der Waals surface area contributed by atoms with Gasteiger partial charge < -0.3 is 0 Å². The number of fused-ring (bicyclic) bond motifs is 5. The molecule has 0 N–H and O–H groups in total. The monoisotopic (exact) mass is 298 g/mol. The van der Waals surface area contributed by atoms with Gasteiger partial charge in [0.25, 0.3) is 0 Å². The fraction of sp³-hybridized carbons (Fsp3) is 0.700. The minimum Gasteiger partial charge on any atom is -0.300 e. The van der Waals surface area contributed by atoms with Gasteiger partial charge >= 0.3 is 0 Å². The first-order valence-electron chi connectivity index (χ1n) is 8.94. The standard InChI is InChI=1S/C20H26O2/c1-12(21)18-7-8-19-17-5-3-13-11-14(22)4-6-15(13)16(17)9-10-20(18,19)2/h3,5,11,15-19H,4,6-10H2,1-2H3/t15?,16?,17?,18-,19?,20-/m1/s1. The molecule has 0 radical (unpaired) electrons. The Morgan fingerprint density at radius 2 is 2.05 bits per heavy atom. The number of hydrogen-bond acceptors (Lipinski definition) is 2. The van der Waals surface area contributed by atoms with Crippen LogP contribution < -0.4 is 0 Å². The van der Waals surface area contributed by atoms with Gasteiger partial charge in [0.2, 0.25) is 0 Å². The van der Waals surface area contributed by atoms with Gasteiger partial charge in [0.15, 0.2) is 5.78 Å². The van der Waals surface area contributed by atoms with Crippen LogP contribution in [0.3, 0.4) is 0 Å². The third-order valence-electron chi connectivity index (χ3n) is 7.36. The lowest BCUT2D eigenvalue weighted by Gasteiger charge is -2.51. The van der Waals surface area contributed by atoms with E-state index in [0.717, 1.165) is 19.3 Å². The van der Waals surface area contributed by atoms with E-state index in [1.54, 1.807) is 6.92 Å². The van der Waals surface area contributed by atoms with Crippen LogP contribution in [0.1, 0.15) is 52.4 Å². The van der Waals surface area contributed by atoms with Gasteiger partial charge in [-0.1, -0.05) is 19.1 Å². The van der Waals surface area contributed by atoms with Crippen molar-refractivity contribution in [1.82, 2.24) is 0 Å². The molecule has 4 rings (SSSR count). The van der Waals surface area contributed by atoms with E-state index in [1.165, 1.54) is 24.8 Å². The summed E-state index contributed by atoms with van der Waals surface area (Å²) in [5, 5.41) is 0. The molecule has 0 saturated heterocycles. The number of hydrogen-bond donors (Lipinski definition) is 0. The third-order valence-corrected chi connectivity index (χ3v) is 7.36. The van der Waals surface area contributed by atoms with Crippen LogP contribution in [-0.4, -0.2) is 11.6 Å². The molecular weight excluding hydrogens is 272 g/mol. The summed E-state index contributed by atoms with van der Waals surface area (Å²) in [5.74, 6) is 3.55. The Morgan fingerprint density at radius 3 is 2.82 bits per heavy atom. The van der Waals surface area contributed by atoms with Gasteiger partial charge in [-0.25, -0.2) is 0 Å².